The van der Waals surface area contributed by atoms with Gasteiger partial charge < -0.3 is 15.2 Å². The predicted octanol–water partition coefficient (Wildman–Crippen LogP) is 4.06. The molecule has 3 aromatic rings. The van der Waals surface area contributed by atoms with Crippen LogP contribution >= 0.6 is 11.8 Å². The molecule has 28 heavy (non-hydrogen) atoms. The number of thioether (sulfide) groups is 1. The molecule has 0 saturated carbocycles. The van der Waals surface area contributed by atoms with Crippen LogP contribution in [0.4, 0.5) is 5.82 Å². The van der Waals surface area contributed by atoms with Crippen molar-refractivity contribution < 1.29 is 14.6 Å². The standard InChI is InChI=1S/C21H21N3O3S/c1-12-18-19(14-4-8-16(25)9-5-14)28-13(2)21(26)22-20(18)24(23-12)15-6-10-17(27-3)11-7-15/h4-11,13,19,25H,1-3H3,(H,22,26)/t13-,19+/m0/s1. The molecule has 144 valence electrons. The van der Waals surface area contributed by atoms with Gasteiger partial charge in [-0.05, 0) is 55.8 Å². The van der Waals surface area contributed by atoms with Crippen molar-refractivity contribution in [3.8, 4) is 17.2 Å². The molecule has 2 N–H and O–H groups in total. The maximum Gasteiger partial charge on any atom is 0.238 e. The molecule has 0 bridgehead atoms. The zero-order valence-electron chi connectivity index (χ0n) is 15.8. The average Bonchev–Trinajstić information content (AvgIpc) is 2.95. The Morgan fingerprint density at radius 2 is 1.82 bits per heavy atom. The summed E-state index contributed by atoms with van der Waals surface area (Å²) < 4.78 is 7.01. The molecule has 0 spiro atoms. The Kier molecular flexibility index (Phi) is 4.77. The van der Waals surface area contributed by atoms with Gasteiger partial charge in [-0.3, -0.25) is 4.79 Å². The van der Waals surface area contributed by atoms with Gasteiger partial charge in [0.1, 0.15) is 17.3 Å². The van der Waals surface area contributed by atoms with E-state index in [0.717, 1.165) is 28.3 Å². The number of hydrogen-bond acceptors (Lipinski definition) is 5. The van der Waals surface area contributed by atoms with Crippen molar-refractivity contribution >= 4 is 23.5 Å². The third kappa shape index (κ3) is 3.22. The lowest BCUT2D eigenvalue weighted by molar-refractivity contribution is -0.115. The second-order valence-electron chi connectivity index (χ2n) is 6.70. The van der Waals surface area contributed by atoms with Crippen molar-refractivity contribution in [1.29, 1.82) is 0 Å². The molecule has 6 nitrogen and oxygen atoms in total. The van der Waals surface area contributed by atoms with Crippen LogP contribution in [0.3, 0.4) is 0 Å². The first-order chi connectivity index (χ1) is 13.5. The van der Waals surface area contributed by atoms with E-state index in [1.165, 1.54) is 0 Å². The predicted molar refractivity (Wildman–Crippen MR) is 110 cm³/mol. The van der Waals surface area contributed by atoms with E-state index in [4.69, 9.17) is 9.84 Å². The topological polar surface area (TPSA) is 76.4 Å². The number of amides is 1. The van der Waals surface area contributed by atoms with E-state index in [1.807, 2.05) is 50.2 Å². The third-order valence-corrected chi connectivity index (χ3v) is 6.24. The van der Waals surface area contributed by atoms with Crippen molar-refractivity contribution in [2.24, 2.45) is 0 Å². The van der Waals surface area contributed by atoms with Crippen LogP contribution in [0.25, 0.3) is 5.69 Å². The fraction of sp³-hybridized carbons (Fsp3) is 0.238. The van der Waals surface area contributed by atoms with Crippen LogP contribution in [-0.4, -0.2) is 33.2 Å². The molecule has 0 unspecified atom stereocenters. The van der Waals surface area contributed by atoms with Gasteiger partial charge in [0, 0.05) is 5.56 Å². The number of ether oxygens (including phenoxy) is 1. The van der Waals surface area contributed by atoms with Gasteiger partial charge in [-0.2, -0.15) is 5.10 Å². The minimum atomic E-state index is -0.227. The van der Waals surface area contributed by atoms with Crippen LogP contribution in [0.5, 0.6) is 11.5 Å². The first-order valence-corrected chi connectivity index (χ1v) is 9.91. The third-order valence-electron chi connectivity index (χ3n) is 4.83. The summed E-state index contributed by atoms with van der Waals surface area (Å²) in [5, 5.41) is 17.1. The number of nitrogens with one attached hydrogen (secondary N) is 1. The molecule has 1 amide bonds. The van der Waals surface area contributed by atoms with Gasteiger partial charge in [-0.1, -0.05) is 12.1 Å². The number of rotatable bonds is 3. The second kappa shape index (κ2) is 7.24. The van der Waals surface area contributed by atoms with E-state index in [0.29, 0.717) is 5.82 Å². The summed E-state index contributed by atoms with van der Waals surface area (Å²) in [5.74, 6) is 1.61. The summed E-state index contributed by atoms with van der Waals surface area (Å²) in [6.45, 7) is 3.86. The minimum absolute atomic E-state index is 0.0535. The number of carbonyl (C=O) groups excluding carboxylic acids is 1. The zero-order valence-corrected chi connectivity index (χ0v) is 16.7. The van der Waals surface area contributed by atoms with Gasteiger partial charge in [-0.25, -0.2) is 4.68 Å². The number of nitrogens with zero attached hydrogens (tertiary/aromatic N) is 2. The lowest BCUT2D eigenvalue weighted by atomic mass is 10.0. The molecule has 0 fully saturated rings. The van der Waals surface area contributed by atoms with Gasteiger partial charge in [0.2, 0.25) is 5.91 Å². The van der Waals surface area contributed by atoms with Crippen LogP contribution in [0, 0.1) is 6.92 Å². The maximum absolute atomic E-state index is 12.7. The lowest BCUT2D eigenvalue weighted by Gasteiger charge is -2.17. The quantitative estimate of drug-likeness (QED) is 0.699. The zero-order chi connectivity index (χ0) is 19.8. The molecule has 0 radical (unpaired) electrons. The van der Waals surface area contributed by atoms with Crippen LogP contribution in [0.15, 0.2) is 48.5 Å². The molecule has 1 aromatic heterocycles. The minimum Gasteiger partial charge on any atom is -0.508 e. The van der Waals surface area contributed by atoms with E-state index >= 15 is 0 Å². The molecule has 0 aliphatic carbocycles. The van der Waals surface area contributed by atoms with Crippen molar-refractivity contribution in [3.63, 3.8) is 0 Å². The van der Waals surface area contributed by atoms with Crippen LogP contribution < -0.4 is 10.1 Å². The molecule has 0 saturated heterocycles. The van der Waals surface area contributed by atoms with Gasteiger partial charge >= 0.3 is 0 Å². The Morgan fingerprint density at radius 1 is 1.14 bits per heavy atom. The van der Waals surface area contributed by atoms with Gasteiger partial charge in [0.05, 0.1) is 29.0 Å². The first-order valence-electron chi connectivity index (χ1n) is 8.97. The molecular formula is C21H21N3O3S. The molecule has 2 aromatic carbocycles. The average molecular weight is 395 g/mol. The van der Waals surface area contributed by atoms with Crippen molar-refractivity contribution in [3.05, 3.63) is 65.4 Å². The second-order valence-corrected chi connectivity index (χ2v) is 8.15. The number of anilines is 1. The van der Waals surface area contributed by atoms with E-state index in [-0.39, 0.29) is 22.2 Å². The summed E-state index contributed by atoms with van der Waals surface area (Å²) in [6, 6.07) is 14.7. The Morgan fingerprint density at radius 3 is 2.46 bits per heavy atom. The van der Waals surface area contributed by atoms with E-state index in [1.54, 1.807) is 35.7 Å². The summed E-state index contributed by atoms with van der Waals surface area (Å²) in [6.07, 6.45) is 0. The number of fused-ring (bicyclic) bond motifs is 1. The highest BCUT2D eigenvalue weighted by Gasteiger charge is 2.34. The highest BCUT2D eigenvalue weighted by Crippen LogP contribution is 2.46. The fourth-order valence-electron chi connectivity index (χ4n) is 3.33. The number of aromatic nitrogens is 2. The molecule has 2 atom stereocenters. The van der Waals surface area contributed by atoms with Gasteiger partial charge in [0.25, 0.3) is 0 Å². The highest BCUT2D eigenvalue weighted by atomic mass is 32.2. The molecule has 7 heteroatoms. The summed E-state index contributed by atoms with van der Waals surface area (Å²) in [5.41, 5.74) is 3.69. The lowest BCUT2D eigenvalue weighted by Crippen LogP contribution is -2.22. The van der Waals surface area contributed by atoms with E-state index in [2.05, 4.69) is 5.32 Å². The van der Waals surface area contributed by atoms with Crippen LogP contribution in [0.1, 0.15) is 29.0 Å². The normalized spacial score (nSPS) is 18.9. The Labute approximate surface area is 167 Å². The number of hydrogen-bond donors (Lipinski definition) is 2. The molecule has 1 aliphatic heterocycles. The summed E-state index contributed by atoms with van der Waals surface area (Å²) in [4.78, 5) is 12.7. The van der Waals surface area contributed by atoms with Crippen LogP contribution in [-0.2, 0) is 4.79 Å². The van der Waals surface area contributed by atoms with Gasteiger partial charge in [-0.15, -0.1) is 11.8 Å². The summed E-state index contributed by atoms with van der Waals surface area (Å²) >= 11 is 1.58. The first kappa shape index (κ1) is 18.4. The largest absolute Gasteiger partial charge is 0.508 e. The number of carbonyl (C=O) groups is 1. The monoisotopic (exact) mass is 395 g/mol. The number of aryl methyl sites for hydroxylation is 1. The van der Waals surface area contributed by atoms with E-state index < -0.39 is 0 Å². The Balaban J connectivity index is 1.87. The number of phenols is 1. The maximum atomic E-state index is 12.7. The highest BCUT2D eigenvalue weighted by molar-refractivity contribution is 8.01. The number of benzene rings is 2. The Hall–Kier alpha value is -2.93. The molecule has 2 heterocycles. The van der Waals surface area contributed by atoms with Gasteiger partial charge in [0.15, 0.2) is 0 Å². The van der Waals surface area contributed by atoms with Crippen molar-refractivity contribution in [1.82, 2.24) is 9.78 Å². The fourth-order valence-corrected chi connectivity index (χ4v) is 4.65. The van der Waals surface area contributed by atoms with E-state index in [9.17, 15) is 9.90 Å². The molecule has 4 rings (SSSR count). The summed E-state index contributed by atoms with van der Waals surface area (Å²) in [7, 11) is 1.63. The Bertz CT molecular complexity index is 1010. The molecular weight excluding hydrogens is 374 g/mol. The SMILES string of the molecule is COc1ccc(-n2nc(C)c3c2NC(=O)[C@H](C)S[C@@H]3c2ccc(O)cc2)cc1. The number of aromatic hydroxyl groups is 1. The van der Waals surface area contributed by atoms with Crippen molar-refractivity contribution in [2.75, 3.05) is 12.4 Å². The molecule has 1 aliphatic rings. The number of methoxy groups -OCH3 is 1. The van der Waals surface area contributed by atoms with Crippen molar-refractivity contribution in [2.45, 2.75) is 24.3 Å². The van der Waals surface area contributed by atoms with Crippen LogP contribution in [0.2, 0.25) is 0 Å². The smallest absolute Gasteiger partial charge is 0.238 e. The number of phenolic OH excluding ortho intramolecular Hbond substituents is 1.